The monoisotopic (exact) mass is 454 g/mol. The van der Waals surface area contributed by atoms with Crippen molar-refractivity contribution in [3.63, 3.8) is 0 Å². The molecule has 1 aromatic heterocycles. The number of amides is 1. The van der Waals surface area contributed by atoms with E-state index >= 15 is 0 Å². The van der Waals surface area contributed by atoms with Crippen LogP contribution in [0.15, 0.2) is 79.5 Å². The van der Waals surface area contributed by atoms with Crippen LogP contribution in [0.3, 0.4) is 0 Å². The van der Waals surface area contributed by atoms with Gasteiger partial charge in [0.05, 0.1) is 12.0 Å². The molecule has 1 aliphatic heterocycles. The number of furan rings is 1. The average molecular weight is 455 g/mol. The van der Waals surface area contributed by atoms with Crippen LogP contribution in [0.5, 0.6) is 5.75 Å². The summed E-state index contributed by atoms with van der Waals surface area (Å²) in [4.78, 5) is 17.3. The molecule has 1 N–H and O–H groups in total. The number of para-hydroxylation sites is 2. The lowest BCUT2D eigenvalue weighted by Crippen LogP contribution is -2.19. The minimum atomic E-state index is -0.208. The quantitative estimate of drug-likeness (QED) is 0.520. The third-order valence-electron chi connectivity index (χ3n) is 3.99. The number of amidine groups is 1. The number of thioether (sulfide) groups is 1. The molecule has 1 saturated heterocycles. The van der Waals surface area contributed by atoms with Gasteiger partial charge in [0.1, 0.15) is 23.0 Å². The van der Waals surface area contributed by atoms with Gasteiger partial charge >= 0.3 is 0 Å². The molecule has 0 unspecified atom stereocenters. The van der Waals surface area contributed by atoms with Crippen LogP contribution >= 0.6 is 27.7 Å². The van der Waals surface area contributed by atoms with Crippen molar-refractivity contribution in [1.82, 2.24) is 5.32 Å². The summed E-state index contributed by atoms with van der Waals surface area (Å²) in [5, 5.41) is 3.27. The highest BCUT2D eigenvalue weighted by Gasteiger charge is 2.24. The van der Waals surface area contributed by atoms with Crippen molar-refractivity contribution >= 4 is 50.5 Å². The van der Waals surface area contributed by atoms with Crippen molar-refractivity contribution < 1.29 is 13.9 Å². The lowest BCUT2D eigenvalue weighted by molar-refractivity contribution is -0.115. The summed E-state index contributed by atoms with van der Waals surface area (Å²) in [6, 6.07) is 19.0. The Bertz CT molecular complexity index is 1090. The number of methoxy groups -OCH3 is 1. The Labute approximate surface area is 174 Å². The number of carbonyl (C=O) groups is 1. The summed E-state index contributed by atoms with van der Waals surface area (Å²) in [7, 11) is 1.59. The molecule has 0 radical (unpaired) electrons. The van der Waals surface area contributed by atoms with Gasteiger partial charge in [-0.05, 0) is 48.2 Å². The van der Waals surface area contributed by atoms with Gasteiger partial charge in [-0.15, -0.1) is 0 Å². The molecule has 0 bridgehead atoms. The Morgan fingerprint density at radius 3 is 2.68 bits per heavy atom. The summed E-state index contributed by atoms with van der Waals surface area (Å²) in [6.07, 6.45) is 1.72. The van der Waals surface area contributed by atoms with Crippen LogP contribution in [-0.4, -0.2) is 18.2 Å². The van der Waals surface area contributed by atoms with Gasteiger partial charge in [0.25, 0.3) is 5.91 Å². The van der Waals surface area contributed by atoms with Gasteiger partial charge < -0.3 is 14.5 Å². The molecular weight excluding hydrogens is 440 g/mol. The highest BCUT2D eigenvalue weighted by Crippen LogP contribution is 2.33. The fraction of sp³-hybridized carbons (Fsp3) is 0.0476. The highest BCUT2D eigenvalue weighted by molar-refractivity contribution is 9.10. The van der Waals surface area contributed by atoms with Crippen molar-refractivity contribution in [3.8, 4) is 17.1 Å². The second-order valence-electron chi connectivity index (χ2n) is 5.86. The van der Waals surface area contributed by atoms with Crippen molar-refractivity contribution in [3.05, 3.63) is 75.8 Å². The molecule has 0 saturated carbocycles. The molecule has 4 rings (SSSR count). The van der Waals surface area contributed by atoms with Gasteiger partial charge in [-0.1, -0.05) is 40.2 Å². The second kappa shape index (κ2) is 8.08. The van der Waals surface area contributed by atoms with Crippen molar-refractivity contribution in [2.45, 2.75) is 0 Å². The van der Waals surface area contributed by atoms with Gasteiger partial charge in [-0.25, -0.2) is 4.99 Å². The zero-order chi connectivity index (χ0) is 19.5. The van der Waals surface area contributed by atoms with Crippen LogP contribution in [0.2, 0.25) is 0 Å². The lowest BCUT2D eigenvalue weighted by atomic mass is 10.2. The predicted octanol–water partition coefficient (Wildman–Crippen LogP) is 5.61. The molecule has 1 aliphatic rings. The fourth-order valence-corrected chi connectivity index (χ4v) is 3.72. The van der Waals surface area contributed by atoms with E-state index in [-0.39, 0.29) is 5.91 Å². The number of rotatable bonds is 4. The SMILES string of the molecule is COc1ccccc1N=C1NC(=O)C(=Cc2ccc(-c3ccc(Br)cc3)o2)S1. The molecular formula is C21H15BrN2O3S. The summed E-state index contributed by atoms with van der Waals surface area (Å²) < 4.78 is 12.2. The van der Waals surface area contributed by atoms with Crippen LogP contribution in [0.1, 0.15) is 5.76 Å². The molecule has 2 aromatic carbocycles. The number of benzene rings is 2. The van der Waals surface area contributed by atoms with Crippen LogP contribution in [0.25, 0.3) is 17.4 Å². The normalized spacial score (nSPS) is 16.6. The number of hydrogen-bond donors (Lipinski definition) is 1. The van der Waals surface area contributed by atoms with E-state index in [9.17, 15) is 4.79 Å². The zero-order valence-corrected chi connectivity index (χ0v) is 17.2. The van der Waals surface area contributed by atoms with Crippen molar-refractivity contribution in [1.29, 1.82) is 0 Å². The number of halogens is 1. The van der Waals surface area contributed by atoms with Gasteiger partial charge in [0, 0.05) is 16.1 Å². The van der Waals surface area contributed by atoms with E-state index in [0.29, 0.717) is 27.3 Å². The van der Waals surface area contributed by atoms with E-state index in [1.54, 1.807) is 13.2 Å². The van der Waals surface area contributed by atoms with Crippen LogP contribution in [0.4, 0.5) is 5.69 Å². The van der Waals surface area contributed by atoms with E-state index in [4.69, 9.17) is 9.15 Å². The van der Waals surface area contributed by atoms with E-state index < -0.39 is 0 Å². The number of carbonyl (C=O) groups excluding carboxylic acids is 1. The number of ether oxygens (including phenoxy) is 1. The smallest absolute Gasteiger partial charge is 0.264 e. The average Bonchev–Trinajstić information content (AvgIpc) is 3.30. The van der Waals surface area contributed by atoms with E-state index in [2.05, 4.69) is 26.2 Å². The molecule has 28 heavy (non-hydrogen) atoms. The molecule has 0 aliphatic carbocycles. The number of aliphatic imine (C=N–C) groups is 1. The third kappa shape index (κ3) is 4.05. The molecule has 3 aromatic rings. The first kappa shape index (κ1) is 18.6. The molecule has 140 valence electrons. The van der Waals surface area contributed by atoms with E-state index in [1.165, 1.54) is 11.8 Å². The summed E-state index contributed by atoms with van der Waals surface area (Å²) in [6.45, 7) is 0. The second-order valence-corrected chi connectivity index (χ2v) is 7.81. The van der Waals surface area contributed by atoms with Crippen LogP contribution < -0.4 is 10.1 Å². The Morgan fingerprint density at radius 2 is 1.89 bits per heavy atom. The minimum absolute atomic E-state index is 0.208. The first-order chi connectivity index (χ1) is 13.6. The largest absolute Gasteiger partial charge is 0.494 e. The first-order valence-corrected chi connectivity index (χ1v) is 10.0. The maximum atomic E-state index is 12.3. The van der Waals surface area contributed by atoms with Crippen molar-refractivity contribution in [2.24, 2.45) is 4.99 Å². The molecule has 7 heteroatoms. The summed E-state index contributed by atoms with van der Waals surface area (Å²) >= 11 is 4.68. The number of hydrogen-bond acceptors (Lipinski definition) is 5. The molecule has 1 amide bonds. The molecule has 0 atom stereocenters. The van der Waals surface area contributed by atoms with Gasteiger partial charge in [0.2, 0.25) is 0 Å². The lowest BCUT2D eigenvalue weighted by Gasteiger charge is -2.03. The van der Waals surface area contributed by atoms with Gasteiger partial charge in [0.15, 0.2) is 5.17 Å². The fourth-order valence-electron chi connectivity index (χ4n) is 2.64. The highest BCUT2D eigenvalue weighted by atomic mass is 79.9. The third-order valence-corrected chi connectivity index (χ3v) is 5.43. The Hall–Kier alpha value is -2.77. The molecule has 0 spiro atoms. The minimum Gasteiger partial charge on any atom is -0.494 e. The van der Waals surface area contributed by atoms with E-state index in [1.807, 2.05) is 60.7 Å². The predicted molar refractivity (Wildman–Crippen MR) is 116 cm³/mol. The number of nitrogens with one attached hydrogen (secondary N) is 1. The summed E-state index contributed by atoms with van der Waals surface area (Å²) in [5.74, 6) is 1.78. The Balaban J connectivity index is 1.55. The zero-order valence-electron chi connectivity index (χ0n) is 14.8. The maximum absolute atomic E-state index is 12.3. The van der Waals surface area contributed by atoms with E-state index in [0.717, 1.165) is 15.8 Å². The molecule has 1 fully saturated rings. The summed E-state index contributed by atoms with van der Waals surface area (Å²) in [5.41, 5.74) is 1.62. The molecule has 5 nitrogen and oxygen atoms in total. The molecule has 2 heterocycles. The van der Waals surface area contributed by atoms with Gasteiger partial charge in [-0.2, -0.15) is 0 Å². The Kier molecular flexibility index (Phi) is 5.36. The Morgan fingerprint density at radius 1 is 1.11 bits per heavy atom. The topological polar surface area (TPSA) is 63.8 Å². The number of nitrogens with zero attached hydrogens (tertiary/aromatic N) is 1. The first-order valence-electron chi connectivity index (χ1n) is 8.41. The van der Waals surface area contributed by atoms with Crippen LogP contribution in [0, 0.1) is 0 Å². The maximum Gasteiger partial charge on any atom is 0.264 e. The van der Waals surface area contributed by atoms with Crippen molar-refractivity contribution in [2.75, 3.05) is 7.11 Å². The van der Waals surface area contributed by atoms with Gasteiger partial charge in [-0.3, -0.25) is 4.79 Å². The standard InChI is InChI=1S/C21H15BrN2O3S/c1-26-18-5-3-2-4-16(18)23-21-24-20(25)19(28-21)12-15-10-11-17(27-15)13-6-8-14(22)9-7-13/h2-12H,1H3,(H,23,24,25). The van der Waals surface area contributed by atoms with Crippen LogP contribution in [-0.2, 0) is 4.79 Å².